The van der Waals surface area contributed by atoms with Crippen LogP contribution in [0.25, 0.3) is 6.08 Å². The van der Waals surface area contributed by atoms with E-state index in [-0.39, 0.29) is 11.3 Å². The zero-order chi connectivity index (χ0) is 22.4. The van der Waals surface area contributed by atoms with Crippen molar-refractivity contribution in [2.24, 2.45) is 0 Å². The molecule has 2 amide bonds. The zero-order valence-corrected chi connectivity index (χ0v) is 16.7. The number of nitrogens with one attached hydrogen (secondary N) is 2. The van der Waals surface area contributed by atoms with E-state index in [0.717, 1.165) is 12.1 Å². The van der Waals surface area contributed by atoms with Crippen LogP contribution in [0, 0.1) is 0 Å². The molecule has 3 aromatic rings. The van der Waals surface area contributed by atoms with Gasteiger partial charge in [-0.1, -0.05) is 41.9 Å². The van der Waals surface area contributed by atoms with Crippen LogP contribution in [0.3, 0.4) is 0 Å². The van der Waals surface area contributed by atoms with E-state index in [9.17, 15) is 22.8 Å². The molecular formula is C23H16ClF3N2O2. The molecule has 3 aromatic carbocycles. The Balaban J connectivity index is 1.68. The number of hydrogen-bond acceptors (Lipinski definition) is 2. The number of benzene rings is 3. The van der Waals surface area contributed by atoms with Crippen LogP contribution in [-0.4, -0.2) is 11.8 Å². The number of carbonyl (C=O) groups excluding carboxylic acids is 2. The molecule has 0 aliphatic rings. The van der Waals surface area contributed by atoms with Crippen LogP contribution in [0.15, 0.2) is 78.9 Å². The van der Waals surface area contributed by atoms with Crippen molar-refractivity contribution in [1.82, 2.24) is 0 Å². The Bertz CT molecular complexity index is 1140. The van der Waals surface area contributed by atoms with E-state index in [1.807, 2.05) is 0 Å². The lowest BCUT2D eigenvalue weighted by molar-refractivity contribution is -0.137. The number of anilines is 2. The van der Waals surface area contributed by atoms with Gasteiger partial charge in [-0.15, -0.1) is 0 Å². The first-order chi connectivity index (χ1) is 14.7. The van der Waals surface area contributed by atoms with Crippen molar-refractivity contribution in [2.45, 2.75) is 6.18 Å². The summed E-state index contributed by atoms with van der Waals surface area (Å²) in [4.78, 5) is 24.6. The summed E-state index contributed by atoms with van der Waals surface area (Å²) in [7, 11) is 0. The van der Waals surface area contributed by atoms with E-state index in [1.54, 1.807) is 42.5 Å². The largest absolute Gasteiger partial charge is 0.416 e. The molecule has 0 bridgehead atoms. The maximum Gasteiger partial charge on any atom is 0.416 e. The predicted molar refractivity (Wildman–Crippen MR) is 115 cm³/mol. The number of hydrogen-bond donors (Lipinski definition) is 2. The van der Waals surface area contributed by atoms with Crippen molar-refractivity contribution in [3.8, 4) is 0 Å². The highest BCUT2D eigenvalue weighted by Gasteiger charge is 2.30. The Morgan fingerprint density at radius 1 is 0.839 bits per heavy atom. The van der Waals surface area contributed by atoms with Crippen LogP contribution >= 0.6 is 11.6 Å². The molecular weight excluding hydrogens is 429 g/mol. The molecule has 0 saturated heterocycles. The van der Waals surface area contributed by atoms with Crippen molar-refractivity contribution in [2.75, 3.05) is 10.6 Å². The second kappa shape index (κ2) is 9.49. The molecule has 0 aliphatic heterocycles. The van der Waals surface area contributed by atoms with Crippen LogP contribution in [0.2, 0.25) is 5.02 Å². The van der Waals surface area contributed by atoms with E-state index >= 15 is 0 Å². The molecule has 0 unspecified atom stereocenters. The molecule has 2 N–H and O–H groups in total. The number of rotatable bonds is 5. The van der Waals surface area contributed by atoms with Gasteiger partial charge in [0, 0.05) is 28.0 Å². The summed E-state index contributed by atoms with van der Waals surface area (Å²) in [6.07, 6.45) is -1.65. The minimum atomic E-state index is -4.51. The van der Waals surface area contributed by atoms with Crippen LogP contribution < -0.4 is 10.6 Å². The van der Waals surface area contributed by atoms with Gasteiger partial charge in [-0.2, -0.15) is 13.2 Å². The Kier molecular flexibility index (Phi) is 6.77. The maximum atomic E-state index is 12.8. The summed E-state index contributed by atoms with van der Waals surface area (Å²) in [6, 6.07) is 17.4. The fraction of sp³-hybridized carbons (Fsp3) is 0.0435. The Morgan fingerprint density at radius 3 is 2.23 bits per heavy atom. The summed E-state index contributed by atoms with van der Waals surface area (Å²) in [5.74, 6) is -1.04. The van der Waals surface area contributed by atoms with Gasteiger partial charge in [0.25, 0.3) is 5.91 Å². The van der Waals surface area contributed by atoms with Crippen LogP contribution in [0.4, 0.5) is 24.5 Å². The SMILES string of the molecule is O=C(/C=C/c1ccccc1Cl)Nc1cccc(C(=O)Nc2cccc(C(F)(F)F)c2)c1. The predicted octanol–water partition coefficient (Wildman–Crippen LogP) is 6.26. The number of carbonyl (C=O) groups is 2. The average Bonchev–Trinajstić information content (AvgIpc) is 2.73. The van der Waals surface area contributed by atoms with Gasteiger partial charge in [0.15, 0.2) is 0 Å². The summed E-state index contributed by atoms with van der Waals surface area (Å²) in [5.41, 5.74) is 0.345. The molecule has 0 spiro atoms. The van der Waals surface area contributed by atoms with Gasteiger partial charge < -0.3 is 10.6 Å². The van der Waals surface area contributed by atoms with Gasteiger partial charge in [0.2, 0.25) is 5.91 Å². The first-order valence-electron chi connectivity index (χ1n) is 9.04. The molecule has 0 heterocycles. The van der Waals surface area contributed by atoms with E-state index in [1.165, 1.54) is 30.3 Å². The molecule has 158 valence electrons. The van der Waals surface area contributed by atoms with Crippen LogP contribution in [0.5, 0.6) is 0 Å². The molecule has 0 aliphatic carbocycles. The molecule has 0 fully saturated rings. The van der Waals surface area contributed by atoms with E-state index < -0.39 is 23.6 Å². The van der Waals surface area contributed by atoms with Crippen molar-refractivity contribution in [3.63, 3.8) is 0 Å². The van der Waals surface area contributed by atoms with Crippen LogP contribution in [-0.2, 0) is 11.0 Å². The third-order valence-electron chi connectivity index (χ3n) is 4.16. The van der Waals surface area contributed by atoms with Crippen molar-refractivity contribution in [1.29, 1.82) is 0 Å². The van der Waals surface area contributed by atoms with E-state index in [4.69, 9.17) is 11.6 Å². The molecule has 4 nitrogen and oxygen atoms in total. The van der Waals surface area contributed by atoms with Gasteiger partial charge in [-0.05, 0) is 54.1 Å². The van der Waals surface area contributed by atoms with Crippen molar-refractivity contribution >= 4 is 40.9 Å². The van der Waals surface area contributed by atoms with Gasteiger partial charge in [0.05, 0.1) is 5.56 Å². The molecule has 0 saturated carbocycles. The second-order valence-electron chi connectivity index (χ2n) is 6.46. The van der Waals surface area contributed by atoms with Crippen molar-refractivity contribution in [3.05, 3.63) is 101 Å². The fourth-order valence-electron chi connectivity index (χ4n) is 2.67. The highest BCUT2D eigenvalue weighted by molar-refractivity contribution is 6.32. The Hall–Kier alpha value is -3.58. The molecule has 8 heteroatoms. The lowest BCUT2D eigenvalue weighted by Crippen LogP contribution is -2.14. The van der Waals surface area contributed by atoms with Gasteiger partial charge in [0.1, 0.15) is 0 Å². The van der Waals surface area contributed by atoms with E-state index in [0.29, 0.717) is 16.3 Å². The standard InChI is InChI=1S/C23H16ClF3N2O2/c24-20-10-2-1-5-15(20)11-12-21(30)28-18-8-3-6-16(13-18)22(31)29-19-9-4-7-17(14-19)23(25,26)27/h1-14H,(H,28,30)(H,29,31)/b12-11+. The lowest BCUT2D eigenvalue weighted by Gasteiger charge is -2.10. The molecule has 0 atom stereocenters. The molecule has 3 rings (SSSR count). The van der Waals surface area contributed by atoms with Gasteiger partial charge in [-0.25, -0.2) is 0 Å². The topological polar surface area (TPSA) is 58.2 Å². The monoisotopic (exact) mass is 444 g/mol. The fourth-order valence-corrected chi connectivity index (χ4v) is 2.87. The summed E-state index contributed by atoms with van der Waals surface area (Å²) < 4.78 is 38.5. The maximum absolute atomic E-state index is 12.8. The summed E-state index contributed by atoms with van der Waals surface area (Å²) in [5, 5.41) is 5.55. The van der Waals surface area contributed by atoms with Crippen molar-refractivity contribution < 1.29 is 22.8 Å². The Morgan fingerprint density at radius 2 is 1.52 bits per heavy atom. The second-order valence-corrected chi connectivity index (χ2v) is 6.86. The minimum Gasteiger partial charge on any atom is -0.322 e. The molecule has 31 heavy (non-hydrogen) atoms. The third kappa shape index (κ3) is 6.20. The number of halogens is 4. The van der Waals surface area contributed by atoms with Gasteiger partial charge >= 0.3 is 6.18 Å². The minimum absolute atomic E-state index is 0.0111. The highest BCUT2D eigenvalue weighted by atomic mass is 35.5. The van der Waals surface area contributed by atoms with Gasteiger partial charge in [-0.3, -0.25) is 9.59 Å². The van der Waals surface area contributed by atoms with Crippen LogP contribution in [0.1, 0.15) is 21.5 Å². The molecule has 0 aromatic heterocycles. The normalized spacial score (nSPS) is 11.4. The highest BCUT2D eigenvalue weighted by Crippen LogP contribution is 2.30. The first-order valence-corrected chi connectivity index (χ1v) is 9.42. The third-order valence-corrected chi connectivity index (χ3v) is 4.50. The summed E-state index contributed by atoms with van der Waals surface area (Å²) in [6.45, 7) is 0. The smallest absolute Gasteiger partial charge is 0.322 e. The Labute approximate surface area is 181 Å². The number of alkyl halides is 3. The first kappa shape index (κ1) is 22.1. The quantitative estimate of drug-likeness (QED) is 0.456. The lowest BCUT2D eigenvalue weighted by atomic mass is 10.1. The van der Waals surface area contributed by atoms with E-state index in [2.05, 4.69) is 10.6 Å². The average molecular weight is 445 g/mol. The zero-order valence-electron chi connectivity index (χ0n) is 15.9. The molecule has 0 radical (unpaired) electrons. The summed E-state index contributed by atoms with van der Waals surface area (Å²) >= 11 is 6.03. The number of amides is 2.